The zero-order chi connectivity index (χ0) is 21.4. The highest BCUT2D eigenvalue weighted by atomic mass is 35.5. The summed E-state index contributed by atoms with van der Waals surface area (Å²) in [7, 11) is 0. The van der Waals surface area contributed by atoms with Gasteiger partial charge in [-0.3, -0.25) is 9.80 Å². The van der Waals surface area contributed by atoms with Crippen molar-refractivity contribution < 1.29 is 9.53 Å². The van der Waals surface area contributed by atoms with Gasteiger partial charge in [-0.15, -0.1) is 0 Å². The molecule has 2 aromatic carbocycles. The molecule has 0 N–H and O–H groups in total. The number of aryl methyl sites for hydroxylation is 1. The molecule has 2 aromatic rings. The number of carbonyl (C=O) groups is 1. The van der Waals surface area contributed by atoms with E-state index in [1.165, 1.54) is 26.5 Å². The highest BCUT2D eigenvalue weighted by Crippen LogP contribution is 2.44. The first-order chi connectivity index (χ1) is 15.1. The largest absolute Gasteiger partial charge is 0.448 e. The lowest BCUT2D eigenvalue weighted by atomic mass is 9.96. The summed E-state index contributed by atoms with van der Waals surface area (Å²) in [5, 5.41) is 0.811. The molecular formula is C24H28ClN3O2S. The zero-order valence-electron chi connectivity index (χ0n) is 17.8. The Kier molecular flexibility index (Phi) is 6.15. The number of hydrogen-bond acceptors (Lipinski definition) is 5. The van der Waals surface area contributed by atoms with Crippen molar-refractivity contribution in [3.05, 3.63) is 58.1 Å². The lowest BCUT2D eigenvalue weighted by Gasteiger charge is -2.40. The van der Waals surface area contributed by atoms with Crippen molar-refractivity contribution >= 4 is 29.5 Å². The predicted molar refractivity (Wildman–Crippen MR) is 124 cm³/mol. The van der Waals surface area contributed by atoms with E-state index in [2.05, 4.69) is 47.1 Å². The van der Waals surface area contributed by atoms with Gasteiger partial charge in [0, 0.05) is 60.1 Å². The maximum atomic E-state index is 11.7. The normalized spacial score (nSPS) is 22.1. The van der Waals surface area contributed by atoms with Gasteiger partial charge < -0.3 is 9.64 Å². The summed E-state index contributed by atoms with van der Waals surface area (Å²) in [6, 6.07) is 13.5. The fourth-order valence-electron chi connectivity index (χ4n) is 4.76. The molecule has 2 saturated heterocycles. The highest BCUT2D eigenvalue weighted by Gasteiger charge is 2.30. The Hall–Kier alpha value is -1.73. The second kappa shape index (κ2) is 9.02. The quantitative estimate of drug-likeness (QED) is 0.677. The first-order valence-corrected chi connectivity index (χ1v) is 12.2. The lowest BCUT2D eigenvalue weighted by molar-refractivity contribution is 0.0889. The van der Waals surface area contributed by atoms with Gasteiger partial charge in [0.25, 0.3) is 0 Å². The van der Waals surface area contributed by atoms with E-state index in [1.807, 2.05) is 22.7 Å². The van der Waals surface area contributed by atoms with Gasteiger partial charge in [0.05, 0.1) is 6.54 Å². The summed E-state index contributed by atoms with van der Waals surface area (Å²) < 4.78 is 5.04. The van der Waals surface area contributed by atoms with Crippen molar-refractivity contribution in [2.45, 2.75) is 29.2 Å². The number of amides is 1. The minimum atomic E-state index is -0.168. The van der Waals surface area contributed by atoms with Crippen molar-refractivity contribution in [3.8, 4) is 0 Å². The summed E-state index contributed by atoms with van der Waals surface area (Å²) >= 11 is 8.22. The van der Waals surface area contributed by atoms with Gasteiger partial charge in [0.1, 0.15) is 6.61 Å². The number of ether oxygens (including phenoxy) is 1. The number of hydrogen-bond donors (Lipinski definition) is 0. The van der Waals surface area contributed by atoms with E-state index in [-0.39, 0.29) is 6.09 Å². The second-order valence-electron chi connectivity index (χ2n) is 8.59. The Morgan fingerprint density at radius 1 is 1.03 bits per heavy atom. The van der Waals surface area contributed by atoms with Crippen molar-refractivity contribution in [1.82, 2.24) is 14.7 Å². The molecule has 3 heterocycles. The zero-order valence-corrected chi connectivity index (χ0v) is 19.4. The lowest BCUT2D eigenvalue weighted by Crippen LogP contribution is -2.49. The Balaban J connectivity index is 1.30. The summed E-state index contributed by atoms with van der Waals surface area (Å²) in [5.74, 6) is 0. The molecule has 3 aliphatic rings. The molecule has 5 rings (SSSR count). The molecule has 1 amide bonds. The molecule has 0 bridgehead atoms. The molecule has 0 aliphatic carbocycles. The molecule has 0 spiro atoms. The number of cyclic esters (lactones) is 1. The molecular weight excluding hydrogens is 430 g/mol. The monoisotopic (exact) mass is 457 g/mol. The Bertz CT molecular complexity index is 977. The standard InChI is InChI=1S/C24H28ClN3O2S/c1-17-2-4-20-21(16-18-15-19(25)3-5-22(18)31-23(20)14-17)27-9-6-26(7-10-27)8-11-28-12-13-30-24(28)29/h2-5,14-15,21H,6-13,16H2,1H3. The van der Waals surface area contributed by atoms with Crippen molar-refractivity contribution in [1.29, 1.82) is 0 Å². The van der Waals surface area contributed by atoms with Crippen molar-refractivity contribution in [3.63, 3.8) is 0 Å². The molecule has 2 fully saturated rings. The fraction of sp³-hybridized carbons (Fsp3) is 0.458. The molecule has 1 unspecified atom stereocenters. The SMILES string of the molecule is Cc1ccc2c(c1)Sc1ccc(Cl)cc1CC2N1CCN(CCN2CCOC2=O)CC1. The average molecular weight is 458 g/mol. The summed E-state index contributed by atoms with van der Waals surface area (Å²) in [6.45, 7) is 9.19. The molecule has 3 aliphatic heterocycles. The summed E-state index contributed by atoms with van der Waals surface area (Å²) in [4.78, 5) is 21.3. The second-order valence-corrected chi connectivity index (χ2v) is 10.1. The third kappa shape index (κ3) is 4.58. The van der Waals surface area contributed by atoms with E-state index in [0.717, 1.165) is 57.3 Å². The van der Waals surface area contributed by atoms with Crippen LogP contribution >= 0.6 is 23.4 Å². The maximum absolute atomic E-state index is 11.7. The van der Waals surface area contributed by atoms with Crippen LogP contribution in [0.3, 0.4) is 0 Å². The minimum absolute atomic E-state index is 0.168. The number of nitrogens with zero attached hydrogens (tertiary/aromatic N) is 3. The number of piperazine rings is 1. The summed E-state index contributed by atoms with van der Waals surface area (Å²) in [5.41, 5.74) is 4.06. The van der Waals surface area contributed by atoms with E-state index in [0.29, 0.717) is 12.6 Å². The minimum Gasteiger partial charge on any atom is -0.448 e. The Morgan fingerprint density at radius 3 is 2.65 bits per heavy atom. The van der Waals surface area contributed by atoms with Crippen LogP contribution in [0, 0.1) is 6.92 Å². The first kappa shape index (κ1) is 21.1. The van der Waals surface area contributed by atoms with Crippen LogP contribution in [0.25, 0.3) is 0 Å². The van der Waals surface area contributed by atoms with Gasteiger partial charge in [0.2, 0.25) is 0 Å². The average Bonchev–Trinajstić information content (AvgIpc) is 3.10. The van der Waals surface area contributed by atoms with Crippen LogP contribution in [0.1, 0.15) is 22.7 Å². The van der Waals surface area contributed by atoms with Crippen LogP contribution in [0.2, 0.25) is 5.02 Å². The van der Waals surface area contributed by atoms with E-state index in [4.69, 9.17) is 16.3 Å². The van der Waals surface area contributed by atoms with Crippen molar-refractivity contribution in [2.75, 3.05) is 52.4 Å². The molecule has 7 heteroatoms. The van der Waals surface area contributed by atoms with Gasteiger partial charge in [-0.05, 0) is 54.3 Å². The van der Waals surface area contributed by atoms with Gasteiger partial charge >= 0.3 is 6.09 Å². The third-order valence-corrected chi connectivity index (χ3v) is 7.99. The van der Waals surface area contributed by atoms with Crippen LogP contribution < -0.4 is 0 Å². The maximum Gasteiger partial charge on any atom is 0.409 e. The molecule has 164 valence electrons. The topological polar surface area (TPSA) is 36.0 Å². The van der Waals surface area contributed by atoms with Crippen LogP contribution in [-0.4, -0.2) is 73.2 Å². The van der Waals surface area contributed by atoms with Gasteiger partial charge in [-0.25, -0.2) is 4.79 Å². The fourth-order valence-corrected chi connectivity index (χ4v) is 6.17. The molecule has 0 aromatic heterocycles. The van der Waals surface area contributed by atoms with Crippen LogP contribution in [0.4, 0.5) is 4.79 Å². The Labute approximate surface area is 193 Å². The Morgan fingerprint density at radius 2 is 1.87 bits per heavy atom. The molecule has 5 nitrogen and oxygen atoms in total. The first-order valence-electron chi connectivity index (χ1n) is 11.0. The number of rotatable bonds is 4. The smallest absolute Gasteiger partial charge is 0.409 e. The summed E-state index contributed by atoms with van der Waals surface area (Å²) in [6.07, 6.45) is 0.817. The number of fused-ring (bicyclic) bond motifs is 2. The predicted octanol–water partition coefficient (Wildman–Crippen LogP) is 4.47. The molecule has 31 heavy (non-hydrogen) atoms. The van der Waals surface area contributed by atoms with E-state index in [1.54, 1.807) is 0 Å². The van der Waals surface area contributed by atoms with Crippen LogP contribution in [0.15, 0.2) is 46.2 Å². The number of carbonyl (C=O) groups excluding carboxylic acids is 1. The van der Waals surface area contributed by atoms with Crippen LogP contribution in [-0.2, 0) is 11.2 Å². The van der Waals surface area contributed by atoms with Crippen LogP contribution in [0.5, 0.6) is 0 Å². The van der Waals surface area contributed by atoms with Gasteiger partial charge in [-0.1, -0.05) is 35.5 Å². The van der Waals surface area contributed by atoms with Gasteiger partial charge in [-0.2, -0.15) is 0 Å². The third-order valence-electron chi connectivity index (χ3n) is 6.56. The number of benzene rings is 2. The molecule has 1 atom stereocenters. The molecule has 0 saturated carbocycles. The van der Waals surface area contributed by atoms with E-state index < -0.39 is 0 Å². The van der Waals surface area contributed by atoms with E-state index in [9.17, 15) is 4.79 Å². The van der Waals surface area contributed by atoms with E-state index >= 15 is 0 Å². The number of halogens is 1. The highest BCUT2D eigenvalue weighted by molar-refractivity contribution is 7.99. The molecule has 0 radical (unpaired) electrons. The van der Waals surface area contributed by atoms with Crippen molar-refractivity contribution in [2.24, 2.45) is 0 Å². The van der Waals surface area contributed by atoms with Gasteiger partial charge in [0.15, 0.2) is 0 Å².